The molecule has 1 saturated heterocycles. The highest BCUT2D eigenvalue weighted by Crippen LogP contribution is 2.28. The van der Waals surface area contributed by atoms with Gasteiger partial charge in [0.1, 0.15) is 18.1 Å². The highest BCUT2D eigenvalue weighted by molar-refractivity contribution is 6.31. The van der Waals surface area contributed by atoms with Crippen LogP contribution >= 0.6 is 11.6 Å². The molecule has 0 bridgehead atoms. The molecule has 0 saturated carbocycles. The minimum absolute atomic E-state index is 0.0540. The van der Waals surface area contributed by atoms with E-state index in [1.54, 1.807) is 18.2 Å². The van der Waals surface area contributed by atoms with Crippen molar-refractivity contribution in [2.75, 3.05) is 31.1 Å². The first kappa shape index (κ1) is 20.1. The van der Waals surface area contributed by atoms with Gasteiger partial charge in [-0.25, -0.2) is 0 Å². The van der Waals surface area contributed by atoms with Crippen molar-refractivity contribution in [2.45, 2.75) is 6.61 Å². The number of rotatable bonds is 5. The summed E-state index contributed by atoms with van der Waals surface area (Å²) in [7, 11) is 0. The zero-order valence-corrected chi connectivity index (χ0v) is 17.3. The second-order valence-corrected chi connectivity index (χ2v) is 7.55. The molecule has 1 amide bonds. The van der Waals surface area contributed by atoms with Gasteiger partial charge >= 0.3 is 0 Å². The number of hydrogen-bond donors (Lipinski definition) is 1. The molecule has 5 nitrogen and oxygen atoms in total. The van der Waals surface area contributed by atoms with E-state index in [0.717, 1.165) is 11.3 Å². The van der Waals surface area contributed by atoms with Crippen molar-refractivity contribution >= 4 is 23.2 Å². The van der Waals surface area contributed by atoms with E-state index in [1.807, 2.05) is 59.5 Å². The molecule has 0 aliphatic carbocycles. The Labute approximate surface area is 181 Å². The first-order valence-corrected chi connectivity index (χ1v) is 10.3. The number of halogens is 1. The third-order valence-electron chi connectivity index (χ3n) is 5.25. The number of nitrogens with zero attached hydrogens (tertiary/aromatic N) is 2. The average Bonchev–Trinajstić information content (AvgIpc) is 2.79. The highest BCUT2D eigenvalue weighted by Gasteiger charge is 2.25. The Hall–Kier alpha value is -3.18. The lowest BCUT2D eigenvalue weighted by Crippen LogP contribution is -2.48. The smallest absolute Gasteiger partial charge is 0.257 e. The number of aromatic hydroxyl groups is 1. The van der Waals surface area contributed by atoms with Crippen LogP contribution in [0.1, 0.15) is 15.9 Å². The molecule has 1 aliphatic rings. The molecule has 0 aromatic heterocycles. The molecule has 30 heavy (non-hydrogen) atoms. The Bertz CT molecular complexity index is 1030. The van der Waals surface area contributed by atoms with Crippen LogP contribution in [-0.4, -0.2) is 42.1 Å². The van der Waals surface area contributed by atoms with Gasteiger partial charge in [-0.2, -0.15) is 0 Å². The maximum atomic E-state index is 13.2. The summed E-state index contributed by atoms with van der Waals surface area (Å²) < 4.78 is 5.95. The number of phenolic OH excluding ortho intramolecular Hbond substituents is 1. The maximum Gasteiger partial charge on any atom is 0.257 e. The molecule has 0 spiro atoms. The molecule has 4 rings (SSSR count). The summed E-state index contributed by atoms with van der Waals surface area (Å²) in [6.45, 7) is 2.76. The van der Waals surface area contributed by atoms with Gasteiger partial charge in [0.05, 0.1) is 11.3 Å². The summed E-state index contributed by atoms with van der Waals surface area (Å²) in [5.41, 5.74) is 2.21. The number of carbonyl (C=O) groups is 1. The largest absolute Gasteiger partial charge is 0.506 e. The lowest BCUT2D eigenvalue weighted by molar-refractivity contribution is 0.0742. The first-order valence-electron chi connectivity index (χ1n) is 9.91. The minimum atomic E-state index is -0.0540. The molecule has 1 aliphatic heterocycles. The normalized spacial score (nSPS) is 13.9. The second-order valence-electron chi connectivity index (χ2n) is 7.14. The third-order valence-corrected chi connectivity index (χ3v) is 5.62. The predicted molar refractivity (Wildman–Crippen MR) is 118 cm³/mol. The molecule has 0 atom stereocenters. The van der Waals surface area contributed by atoms with Crippen LogP contribution in [0.4, 0.5) is 5.69 Å². The summed E-state index contributed by atoms with van der Waals surface area (Å²) >= 11 is 6.21. The molecule has 1 heterocycles. The van der Waals surface area contributed by atoms with Gasteiger partial charge in [0.15, 0.2) is 0 Å². The Morgan fingerprint density at radius 3 is 2.33 bits per heavy atom. The van der Waals surface area contributed by atoms with Crippen LogP contribution in [0.3, 0.4) is 0 Å². The van der Waals surface area contributed by atoms with E-state index in [0.29, 0.717) is 49.1 Å². The fourth-order valence-electron chi connectivity index (χ4n) is 3.59. The average molecular weight is 423 g/mol. The summed E-state index contributed by atoms with van der Waals surface area (Å²) in [4.78, 5) is 17.1. The Morgan fingerprint density at radius 2 is 1.57 bits per heavy atom. The lowest BCUT2D eigenvalue weighted by Gasteiger charge is -2.36. The summed E-state index contributed by atoms with van der Waals surface area (Å²) in [6, 6.07) is 22.1. The molecule has 3 aromatic carbocycles. The fourth-order valence-corrected chi connectivity index (χ4v) is 3.78. The van der Waals surface area contributed by atoms with Crippen molar-refractivity contribution in [3.63, 3.8) is 0 Å². The molecular weight excluding hydrogens is 400 g/mol. The third kappa shape index (κ3) is 4.36. The number of ether oxygens (including phenoxy) is 1. The summed E-state index contributed by atoms with van der Waals surface area (Å²) in [5.74, 6) is 0.753. The van der Waals surface area contributed by atoms with Gasteiger partial charge in [-0.1, -0.05) is 54.1 Å². The van der Waals surface area contributed by atoms with E-state index in [-0.39, 0.29) is 11.7 Å². The van der Waals surface area contributed by atoms with Gasteiger partial charge in [0.25, 0.3) is 5.91 Å². The van der Waals surface area contributed by atoms with Crippen LogP contribution in [0.25, 0.3) is 0 Å². The lowest BCUT2D eigenvalue weighted by atomic mass is 10.1. The van der Waals surface area contributed by atoms with E-state index < -0.39 is 0 Å². The summed E-state index contributed by atoms with van der Waals surface area (Å²) in [5, 5.41) is 10.7. The zero-order chi connectivity index (χ0) is 20.9. The summed E-state index contributed by atoms with van der Waals surface area (Å²) in [6.07, 6.45) is 0. The molecule has 3 aromatic rings. The molecule has 6 heteroatoms. The first-order chi connectivity index (χ1) is 14.6. The van der Waals surface area contributed by atoms with E-state index in [4.69, 9.17) is 16.3 Å². The number of piperazine rings is 1. The minimum Gasteiger partial charge on any atom is -0.506 e. The van der Waals surface area contributed by atoms with Crippen LogP contribution in [0.15, 0.2) is 72.8 Å². The van der Waals surface area contributed by atoms with Gasteiger partial charge in [-0.3, -0.25) is 4.79 Å². The number of para-hydroxylation sites is 3. The van der Waals surface area contributed by atoms with Crippen LogP contribution in [-0.2, 0) is 6.61 Å². The van der Waals surface area contributed by atoms with Crippen molar-refractivity contribution < 1.29 is 14.6 Å². The van der Waals surface area contributed by atoms with E-state index in [1.165, 1.54) is 0 Å². The van der Waals surface area contributed by atoms with Crippen LogP contribution < -0.4 is 9.64 Å². The molecule has 0 unspecified atom stereocenters. The number of benzene rings is 3. The zero-order valence-electron chi connectivity index (χ0n) is 16.5. The Kier molecular flexibility index (Phi) is 6.10. The van der Waals surface area contributed by atoms with Gasteiger partial charge in [-0.05, 0) is 30.3 Å². The van der Waals surface area contributed by atoms with Gasteiger partial charge in [-0.15, -0.1) is 0 Å². The SMILES string of the molecule is O=C(c1ccccc1OCc1ccccc1Cl)N1CCN(c2ccccc2O)CC1. The Morgan fingerprint density at radius 1 is 0.900 bits per heavy atom. The van der Waals surface area contributed by atoms with Crippen molar-refractivity contribution in [1.82, 2.24) is 4.90 Å². The van der Waals surface area contributed by atoms with Crippen molar-refractivity contribution in [1.29, 1.82) is 0 Å². The maximum absolute atomic E-state index is 13.2. The molecule has 154 valence electrons. The van der Waals surface area contributed by atoms with E-state index in [9.17, 15) is 9.90 Å². The fraction of sp³-hybridized carbons (Fsp3) is 0.208. The number of anilines is 1. The number of phenols is 1. The Balaban J connectivity index is 1.43. The van der Waals surface area contributed by atoms with Gasteiger partial charge < -0.3 is 19.6 Å². The van der Waals surface area contributed by atoms with E-state index >= 15 is 0 Å². The molecular formula is C24H23ClN2O3. The predicted octanol–water partition coefficient (Wildman–Crippen LogP) is 4.59. The van der Waals surface area contributed by atoms with E-state index in [2.05, 4.69) is 4.90 Å². The second kappa shape index (κ2) is 9.09. The molecule has 1 N–H and O–H groups in total. The topological polar surface area (TPSA) is 53.0 Å². The molecule has 1 fully saturated rings. The van der Waals surface area contributed by atoms with Crippen LogP contribution in [0.5, 0.6) is 11.5 Å². The number of carbonyl (C=O) groups excluding carboxylic acids is 1. The van der Waals surface area contributed by atoms with Crippen molar-refractivity contribution in [2.24, 2.45) is 0 Å². The highest BCUT2D eigenvalue weighted by atomic mass is 35.5. The van der Waals surface area contributed by atoms with Crippen molar-refractivity contribution in [3.05, 3.63) is 88.9 Å². The molecule has 0 radical (unpaired) electrons. The van der Waals surface area contributed by atoms with Crippen LogP contribution in [0.2, 0.25) is 5.02 Å². The van der Waals surface area contributed by atoms with Gasteiger partial charge in [0.2, 0.25) is 0 Å². The van der Waals surface area contributed by atoms with Crippen molar-refractivity contribution in [3.8, 4) is 11.5 Å². The van der Waals surface area contributed by atoms with Gasteiger partial charge in [0, 0.05) is 36.8 Å². The quantitative estimate of drug-likeness (QED) is 0.653. The van der Waals surface area contributed by atoms with Crippen LogP contribution in [0, 0.1) is 0 Å². The standard InChI is InChI=1S/C24H23ClN2O3/c25-20-9-3-1-7-18(20)17-30-23-12-6-2-8-19(23)24(29)27-15-13-26(14-16-27)21-10-4-5-11-22(21)28/h1-12,28H,13-17H2. The number of hydrogen-bond acceptors (Lipinski definition) is 4. The number of amides is 1. The monoisotopic (exact) mass is 422 g/mol.